The van der Waals surface area contributed by atoms with E-state index in [1.54, 1.807) is 30.3 Å². The van der Waals surface area contributed by atoms with Crippen molar-refractivity contribution < 1.29 is 24.2 Å². The molecule has 1 amide bonds. The van der Waals surface area contributed by atoms with E-state index in [0.717, 1.165) is 32.9 Å². The van der Waals surface area contributed by atoms with E-state index in [4.69, 9.17) is 20.3 Å². The van der Waals surface area contributed by atoms with Gasteiger partial charge in [-0.1, -0.05) is 42.5 Å². The fourth-order valence-electron chi connectivity index (χ4n) is 4.02. The van der Waals surface area contributed by atoms with Crippen LogP contribution in [0.25, 0.3) is 21.8 Å². The number of primary amides is 1. The summed E-state index contributed by atoms with van der Waals surface area (Å²) < 4.78 is 13.5. The molecule has 7 heteroatoms. The first-order valence-electron chi connectivity index (χ1n) is 10.4. The third-order valence-corrected chi connectivity index (χ3v) is 5.35. The summed E-state index contributed by atoms with van der Waals surface area (Å²) in [5, 5.41) is 10.9. The van der Waals surface area contributed by atoms with Crippen LogP contribution >= 0.6 is 0 Å². The molecule has 3 N–H and O–H groups in total. The molecule has 168 valence electrons. The number of hydrogen-bond donors (Lipinski definition) is 2. The van der Waals surface area contributed by atoms with Gasteiger partial charge in [-0.25, -0.2) is 4.79 Å². The van der Waals surface area contributed by atoms with Gasteiger partial charge in [0.2, 0.25) is 5.91 Å². The van der Waals surface area contributed by atoms with Gasteiger partial charge in [0, 0.05) is 34.0 Å². The van der Waals surface area contributed by atoms with Crippen LogP contribution in [0.3, 0.4) is 0 Å². The van der Waals surface area contributed by atoms with Gasteiger partial charge < -0.3 is 24.9 Å². The number of carbonyl (C=O) groups excluding carboxylic acids is 1. The fraction of sp³-hybridized carbons (Fsp3) is 0.154. The predicted octanol–water partition coefficient (Wildman–Crippen LogP) is 4.11. The number of amides is 1. The lowest BCUT2D eigenvalue weighted by molar-refractivity contribution is -0.139. The summed E-state index contributed by atoms with van der Waals surface area (Å²) in [6, 6.07) is 18.7. The second-order valence-electron chi connectivity index (χ2n) is 7.60. The van der Waals surface area contributed by atoms with Crippen molar-refractivity contribution in [3.05, 3.63) is 90.0 Å². The Bertz CT molecular complexity index is 1360. The highest BCUT2D eigenvalue weighted by atomic mass is 16.5. The first-order valence-corrected chi connectivity index (χ1v) is 10.4. The lowest BCUT2D eigenvalue weighted by atomic mass is 10.1. The molecule has 0 unspecified atom stereocenters. The molecular weight excluding hydrogens is 420 g/mol. The third-order valence-electron chi connectivity index (χ3n) is 5.35. The number of rotatable bonds is 10. The fourth-order valence-corrected chi connectivity index (χ4v) is 4.02. The van der Waals surface area contributed by atoms with E-state index in [0.29, 0.717) is 31.1 Å². The van der Waals surface area contributed by atoms with E-state index >= 15 is 0 Å². The molecule has 0 radical (unpaired) electrons. The number of carbonyl (C=O) groups is 2. The number of para-hydroxylation sites is 1. The molecule has 0 saturated carbocycles. The molecular formula is C26H24N2O5. The minimum atomic E-state index is -1.05. The maximum atomic E-state index is 11.7. The number of ether oxygens (including phenoxy) is 2. The maximum Gasteiger partial charge on any atom is 0.341 e. The van der Waals surface area contributed by atoms with Gasteiger partial charge in [-0.15, -0.1) is 6.58 Å². The number of aliphatic carboxylic acids is 1. The topological polar surface area (TPSA) is 104 Å². The van der Waals surface area contributed by atoms with Crippen molar-refractivity contribution in [2.45, 2.75) is 13.2 Å². The van der Waals surface area contributed by atoms with Crippen molar-refractivity contribution in [2.75, 3.05) is 13.2 Å². The number of carboxylic acids is 1. The lowest BCUT2D eigenvalue weighted by Gasteiger charge is -2.14. The van der Waals surface area contributed by atoms with E-state index in [9.17, 15) is 9.59 Å². The number of hydrogen-bond acceptors (Lipinski definition) is 4. The van der Waals surface area contributed by atoms with Crippen molar-refractivity contribution in [2.24, 2.45) is 5.73 Å². The molecule has 0 atom stereocenters. The maximum absolute atomic E-state index is 11.7. The first kappa shape index (κ1) is 22.1. The molecule has 7 nitrogen and oxygen atoms in total. The third kappa shape index (κ3) is 4.58. The summed E-state index contributed by atoms with van der Waals surface area (Å²) >= 11 is 0. The van der Waals surface area contributed by atoms with Gasteiger partial charge in [0.15, 0.2) is 6.61 Å². The van der Waals surface area contributed by atoms with Crippen molar-refractivity contribution in [1.29, 1.82) is 0 Å². The zero-order chi connectivity index (χ0) is 23.4. The summed E-state index contributed by atoms with van der Waals surface area (Å²) in [4.78, 5) is 22.8. The smallest absolute Gasteiger partial charge is 0.341 e. The van der Waals surface area contributed by atoms with Crippen molar-refractivity contribution >= 4 is 33.7 Å². The van der Waals surface area contributed by atoms with Crippen LogP contribution < -0.4 is 10.5 Å². The van der Waals surface area contributed by atoms with E-state index in [-0.39, 0.29) is 0 Å². The Balaban J connectivity index is 1.93. The van der Waals surface area contributed by atoms with Gasteiger partial charge in [-0.2, -0.15) is 0 Å². The molecule has 0 saturated heterocycles. The van der Waals surface area contributed by atoms with Crippen LogP contribution in [-0.2, 0) is 22.7 Å². The Morgan fingerprint density at radius 3 is 2.67 bits per heavy atom. The second kappa shape index (κ2) is 9.58. The minimum absolute atomic E-state index is 0.347. The molecule has 0 bridgehead atoms. The molecule has 0 aliphatic carbocycles. The Kier molecular flexibility index (Phi) is 6.42. The van der Waals surface area contributed by atoms with Crippen LogP contribution in [0.2, 0.25) is 0 Å². The summed E-state index contributed by atoms with van der Waals surface area (Å²) in [5.41, 5.74) is 9.58. The van der Waals surface area contributed by atoms with E-state index in [1.165, 1.54) is 0 Å². The second-order valence-corrected chi connectivity index (χ2v) is 7.60. The predicted molar refractivity (Wildman–Crippen MR) is 126 cm³/mol. The van der Waals surface area contributed by atoms with Crippen molar-refractivity contribution in [3.63, 3.8) is 0 Å². The highest BCUT2D eigenvalue weighted by Gasteiger charge is 2.19. The average Bonchev–Trinajstić information content (AvgIpc) is 3.13. The Labute approximate surface area is 190 Å². The van der Waals surface area contributed by atoms with Gasteiger partial charge in [0.1, 0.15) is 5.75 Å². The number of benzene rings is 3. The molecule has 3 aromatic carbocycles. The molecule has 0 aliphatic heterocycles. The molecule has 1 heterocycles. The normalized spacial score (nSPS) is 11.0. The first-order chi connectivity index (χ1) is 16.0. The van der Waals surface area contributed by atoms with Gasteiger partial charge in [-0.3, -0.25) is 4.79 Å². The molecule has 0 aliphatic rings. The molecule has 0 spiro atoms. The summed E-state index contributed by atoms with van der Waals surface area (Å²) in [6.45, 7) is 4.48. The zero-order valence-electron chi connectivity index (χ0n) is 18.0. The molecule has 33 heavy (non-hydrogen) atoms. The number of nitrogens with zero attached hydrogens (tertiary/aromatic N) is 1. The summed E-state index contributed by atoms with van der Waals surface area (Å²) in [7, 11) is 0. The summed E-state index contributed by atoms with van der Waals surface area (Å²) in [6.07, 6.45) is 1.69. The molecule has 4 aromatic rings. The number of nitrogens with two attached hydrogens (primary N) is 1. The molecule has 1 aromatic heterocycles. The van der Waals surface area contributed by atoms with Gasteiger partial charge in [-0.05, 0) is 29.8 Å². The largest absolute Gasteiger partial charge is 0.481 e. The monoisotopic (exact) mass is 444 g/mol. The van der Waals surface area contributed by atoms with Gasteiger partial charge in [0.05, 0.1) is 18.7 Å². The quantitative estimate of drug-likeness (QED) is 0.283. The number of aromatic nitrogens is 1. The van der Waals surface area contributed by atoms with Gasteiger partial charge >= 0.3 is 5.97 Å². The molecule has 4 rings (SSSR count). The average molecular weight is 444 g/mol. The Morgan fingerprint density at radius 1 is 1.09 bits per heavy atom. The van der Waals surface area contributed by atoms with E-state index < -0.39 is 18.5 Å². The number of fused-ring (bicyclic) bond motifs is 3. The molecule has 0 fully saturated rings. The lowest BCUT2D eigenvalue weighted by Crippen LogP contribution is -2.11. The van der Waals surface area contributed by atoms with Crippen molar-refractivity contribution in [1.82, 2.24) is 4.57 Å². The van der Waals surface area contributed by atoms with Crippen LogP contribution in [0, 0.1) is 0 Å². The van der Waals surface area contributed by atoms with Crippen LogP contribution in [0.4, 0.5) is 0 Å². The number of carboxylic acid groups (broad SMARTS) is 1. The highest BCUT2D eigenvalue weighted by Crippen LogP contribution is 2.38. The van der Waals surface area contributed by atoms with Crippen molar-refractivity contribution in [3.8, 4) is 5.75 Å². The van der Waals surface area contributed by atoms with Crippen LogP contribution in [0.15, 0.2) is 73.3 Å². The summed E-state index contributed by atoms with van der Waals surface area (Å²) in [5.74, 6) is -1.05. The Morgan fingerprint density at radius 2 is 1.91 bits per heavy atom. The SMILES string of the molecule is C=CCOCc1ccc(OCC(=O)O)c2c3ccccc3n(Cc3cccc(C(N)=O)c3)c12. The Hall–Kier alpha value is -4.10. The van der Waals surface area contributed by atoms with Crippen LogP contribution in [0.1, 0.15) is 21.5 Å². The van der Waals surface area contributed by atoms with E-state index in [1.807, 2.05) is 36.4 Å². The van der Waals surface area contributed by atoms with Crippen LogP contribution in [-0.4, -0.2) is 34.8 Å². The van der Waals surface area contributed by atoms with Crippen LogP contribution in [0.5, 0.6) is 5.75 Å². The van der Waals surface area contributed by atoms with Gasteiger partial charge in [0.25, 0.3) is 0 Å². The van der Waals surface area contributed by atoms with E-state index in [2.05, 4.69) is 11.1 Å². The zero-order valence-corrected chi connectivity index (χ0v) is 18.0. The standard InChI is InChI=1S/C26H24N2O5/c1-2-12-32-15-19-10-11-22(33-16-23(29)30)24-20-8-3-4-9-21(20)28(25(19)24)14-17-6-5-7-18(13-17)26(27)31/h2-11,13H,1,12,14-16H2,(H2,27,31)(H,29,30). The minimum Gasteiger partial charge on any atom is -0.481 e. The highest BCUT2D eigenvalue weighted by molar-refractivity contribution is 6.12.